The highest BCUT2D eigenvalue weighted by Gasteiger charge is 2.54. The van der Waals surface area contributed by atoms with Crippen molar-refractivity contribution >= 4 is 17.7 Å². The number of nitrogens with one attached hydrogen (secondary N) is 1. The second-order valence-corrected chi connectivity index (χ2v) is 8.81. The minimum absolute atomic E-state index is 0.0122. The first kappa shape index (κ1) is 22.2. The Kier molecular flexibility index (Phi) is 6.42. The van der Waals surface area contributed by atoms with Crippen molar-refractivity contribution in [2.24, 2.45) is 0 Å². The third-order valence-corrected chi connectivity index (χ3v) is 6.73. The summed E-state index contributed by atoms with van der Waals surface area (Å²) < 4.78 is 5.08. The summed E-state index contributed by atoms with van der Waals surface area (Å²) in [7, 11) is 1.59. The number of hydrogen-bond acceptors (Lipinski definition) is 4. The number of benzene rings is 2. The van der Waals surface area contributed by atoms with Crippen LogP contribution in [0, 0.1) is 6.92 Å². The van der Waals surface area contributed by atoms with E-state index >= 15 is 0 Å². The van der Waals surface area contributed by atoms with Crippen LogP contribution in [0.2, 0.25) is 0 Å². The van der Waals surface area contributed by atoms with Crippen molar-refractivity contribution in [1.29, 1.82) is 0 Å². The first-order chi connectivity index (χ1) is 15.5. The molecule has 1 fully saturated rings. The Balaban J connectivity index is 1.60. The van der Waals surface area contributed by atoms with Crippen LogP contribution >= 0.6 is 0 Å². The summed E-state index contributed by atoms with van der Waals surface area (Å²) in [4.78, 5) is 41.1. The molecule has 0 saturated carbocycles. The number of methoxy groups -OCH3 is 1. The lowest BCUT2D eigenvalue weighted by molar-refractivity contribution is -0.141. The van der Waals surface area contributed by atoms with Crippen LogP contribution in [0.15, 0.2) is 48.5 Å². The Hall–Kier alpha value is -2.99. The van der Waals surface area contributed by atoms with Gasteiger partial charge in [0.15, 0.2) is 0 Å². The van der Waals surface area contributed by atoms with E-state index in [0.717, 1.165) is 29.5 Å². The number of amides is 3. The molecule has 2 aromatic carbocycles. The van der Waals surface area contributed by atoms with Crippen LogP contribution in [-0.4, -0.2) is 42.9 Å². The van der Waals surface area contributed by atoms with Crippen LogP contribution in [0.1, 0.15) is 54.0 Å². The SMILES string of the molecule is COCCCN1C(=O)C[C@](CC(=O)N[C@@H]2CCc3ccccc32)(c2ccccc2C)C1=O. The molecule has 0 radical (unpaired) electrons. The highest BCUT2D eigenvalue weighted by molar-refractivity contribution is 6.11. The number of aryl methyl sites for hydroxylation is 2. The van der Waals surface area contributed by atoms with Gasteiger partial charge in [0.05, 0.1) is 11.5 Å². The van der Waals surface area contributed by atoms with E-state index in [-0.39, 0.29) is 36.6 Å². The summed E-state index contributed by atoms with van der Waals surface area (Å²) in [5.74, 6) is -0.710. The zero-order chi connectivity index (χ0) is 22.7. The summed E-state index contributed by atoms with van der Waals surface area (Å²) in [5, 5.41) is 3.14. The molecule has 0 spiro atoms. The number of carbonyl (C=O) groups excluding carboxylic acids is 3. The van der Waals surface area contributed by atoms with Crippen LogP contribution in [0.5, 0.6) is 0 Å². The van der Waals surface area contributed by atoms with Gasteiger partial charge in [0.1, 0.15) is 0 Å². The van der Waals surface area contributed by atoms with E-state index in [1.807, 2.05) is 49.4 Å². The molecule has 3 amide bonds. The molecule has 32 heavy (non-hydrogen) atoms. The van der Waals surface area contributed by atoms with Crippen molar-refractivity contribution in [3.8, 4) is 0 Å². The predicted octanol–water partition coefficient (Wildman–Crippen LogP) is 3.22. The van der Waals surface area contributed by atoms with E-state index in [9.17, 15) is 14.4 Å². The summed E-state index contributed by atoms with van der Waals surface area (Å²) in [6.45, 7) is 2.69. The lowest BCUT2D eigenvalue weighted by Crippen LogP contribution is -2.43. The van der Waals surface area contributed by atoms with Crippen LogP contribution in [0.3, 0.4) is 0 Å². The Labute approximate surface area is 188 Å². The number of rotatable bonds is 8. The van der Waals surface area contributed by atoms with Crippen molar-refractivity contribution in [1.82, 2.24) is 10.2 Å². The van der Waals surface area contributed by atoms with Gasteiger partial charge in [0, 0.05) is 33.1 Å². The molecule has 0 aromatic heterocycles. The largest absolute Gasteiger partial charge is 0.385 e. The first-order valence-electron chi connectivity index (χ1n) is 11.2. The fourth-order valence-corrected chi connectivity index (χ4v) is 5.17. The van der Waals surface area contributed by atoms with Gasteiger partial charge in [0.2, 0.25) is 17.7 Å². The molecular formula is C26H30N2O4. The van der Waals surface area contributed by atoms with Gasteiger partial charge in [-0.05, 0) is 48.4 Å². The second-order valence-electron chi connectivity index (χ2n) is 8.81. The molecule has 168 valence electrons. The topological polar surface area (TPSA) is 75.7 Å². The summed E-state index contributed by atoms with van der Waals surface area (Å²) >= 11 is 0. The van der Waals surface area contributed by atoms with E-state index in [1.165, 1.54) is 10.5 Å². The van der Waals surface area contributed by atoms with Gasteiger partial charge < -0.3 is 10.1 Å². The minimum Gasteiger partial charge on any atom is -0.385 e. The van der Waals surface area contributed by atoms with Crippen molar-refractivity contribution in [3.05, 3.63) is 70.8 Å². The number of likely N-dealkylation sites (tertiary alicyclic amines) is 1. The van der Waals surface area contributed by atoms with E-state index in [0.29, 0.717) is 19.6 Å². The first-order valence-corrected chi connectivity index (χ1v) is 11.2. The van der Waals surface area contributed by atoms with Gasteiger partial charge in [-0.2, -0.15) is 0 Å². The fourth-order valence-electron chi connectivity index (χ4n) is 5.17. The number of hydrogen-bond donors (Lipinski definition) is 1. The molecule has 0 unspecified atom stereocenters. The quantitative estimate of drug-likeness (QED) is 0.511. The Morgan fingerprint density at radius 3 is 2.69 bits per heavy atom. The molecule has 2 aliphatic rings. The molecule has 1 heterocycles. The van der Waals surface area contributed by atoms with Gasteiger partial charge in [-0.25, -0.2) is 0 Å². The lowest BCUT2D eigenvalue weighted by atomic mass is 9.74. The maximum absolute atomic E-state index is 13.6. The summed E-state index contributed by atoms with van der Waals surface area (Å²) in [6.07, 6.45) is 2.32. The Morgan fingerprint density at radius 2 is 1.91 bits per heavy atom. The molecular weight excluding hydrogens is 404 g/mol. The maximum Gasteiger partial charge on any atom is 0.240 e. The average Bonchev–Trinajstić information content (AvgIpc) is 3.28. The van der Waals surface area contributed by atoms with Gasteiger partial charge >= 0.3 is 0 Å². The molecule has 6 nitrogen and oxygen atoms in total. The number of carbonyl (C=O) groups is 3. The number of nitrogens with zero attached hydrogens (tertiary/aromatic N) is 1. The van der Waals surface area contributed by atoms with Gasteiger partial charge in [0.25, 0.3) is 0 Å². The second kappa shape index (κ2) is 9.25. The zero-order valence-corrected chi connectivity index (χ0v) is 18.7. The monoisotopic (exact) mass is 434 g/mol. The number of fused-ring (bicyclic) bond motifs is 1. The average molecular weight is 435 g/mol. The predicted molar refractivity (Wildman–Crippen MR) is 121 cm³/mol. The standard InChI is InChI=1S/C26H30N2O4/c1-18-8-3-6-11-21(18)26(17-24(30)28(25(26)31)14-7-15-32-2)16-23(29)27-22-13-12-19-9-4-5-10-20(19)22/h3-6,8-11,22H,7,12-17H2,1-2H3,(H,27,29)/t22-,26-/m1/s1. The third kappa shape index (κ3) is 4.07. The van der Waals surface area contributed by atoms with Crippen molar-refractivity contribution in [2.45, 2.75) is 50.5 Å². The molecule has 1 saturated heterocycles. The minimum atomic E-state index is -1.17. The molecule has 2 atom stereocenters. The van der Waals surface area contributed by atoms with Crippen molar-refractivity contribution in [3.63, 3.8) is 0 Å². The molecule has 2 aromatic rings. The normalized spacial score (nSPS) is 22.3. The van der Waals surface area contributed by atoms with E-state index in [2.05, 4.69) is 11.4 Å². The van der Waals surface area contributed by atoms with Crippen LogP contribution < -0.4 is 5.32 Å². The number of imide groups is 1. The molecule has 0 bridgehead atoms. The Morgan fingerprint density at radius 1 is 1.16 bits per heavy atom. The van der Waals surface area contributed by atoms with Crippen LogP contribution in [-0.2, 0) is 31.0 Å². The van der Waals surface area contributed by atoms with E-state index in [4.69, 9.17) is 4.74 Å². The Bertz CT molecular complexity index is 1030. The van der Waals surface area contributed by atoms with E-state index < -0.39 is 5.41 Å². The van der Waals surface area contributed by atoms with Crippen LogP contribution in [0.4, 0.5) is 0 Å². The summed E-state index contributed by atoms with van der Waals surface area (Å²) in [5.41, 5.74) is 2.89. The fraction of sp³-hybridized carbons (Fsp3) is 0.423. The number of ether oxygens (including phenoxy) is 1. The van der Waals surface area contributed by atoms with Crippen LogP contribution in [0.25, 0.3) is 0 Å². The zero-order valence-electron chi connectivity index (χ0n) is 18.7. The maximum atomic E-state index is 13.6. The highest BCUT2D eigenvalue weighted by Crippen LogP contribution is 2.42. The molecule has 4 rings (SSSR count). The third-order valence-electron chi connectivity index (χ3n) is 6.73. The molecule has 6 heteroatoms. The van der Waals surface area contributed by atoms with E-state index in [1.54, 1.807) is 7.11 Å². The summed E-state index contributed by atoms with van der Waals surface area (Å²) in [6, 6.07) is 15.6. The van der Waals surface area contributed by atoms with Gasteiger partial charge in [-0.1, -0.05) is 48.5 Å². The smallest absolute Gasteiger partial charge is 0.240 e. The molecule has 1 N–H and O–H groups in total. The van der Waals surface area contributed by atoms with Gasteiger partial charge in [-0.15, -0.1) is 0 Å². The molecule has 1 aliphatic carbocycles. The van der Waals surface area contributed by atoms with Crippen molar-refractivity contribution in [2.75, 3.05) is 20.3 Å². The van der Waals surface area contributed by atoms with Gasteiger partial charge in [-0.3, -0.25) is 19.3 Å². The lowest BCUT2D eigenvalue weighted by Gasteiger charge is -2.29. The highest BCUT2D eigenvalue weighted by atomic mass is 16.5. The molecule has 1 aliphatic heterocycles. The van der Waals surface area contributed by atoms with Crippen molar-refractivity contribution < 1.29 is 19.1 Å².